The van der Waals surface area contributed by atoms with Gasteiger partial charge in [0.2, 0.25) is 0 Å². The largest absolute Gasteiger partial charge is 0.494 e. The minimum Gasteiger partial charge on any atom is -0.494 e. The van der Waals surface area contributed by atoms with E-state index in [1.54, 1.807) is 18.4 Å². The molecule has 1 N–H and O–H groups in total. The highest BCUT2D eigenvalue weighted by molar-refractivity contribution is 7.22. The number of fused-ring (bicyclic) bond motifs is 1. The quantitative estimate of drug-likeness (QED) is 0.571. The molecule has 2 aromatic carbocycles. The van der Waals surface area contributed by atoms with Crippen LogP contribution >= 0.6 is 22.9 Å². The van der Waals surface area contributed by atoms with Gasteiger partial charge in [-0.1, -0.05) is 53.3 Å². The van der Waals surface area contributed by atoms with Gasteiger partial charge in [0.05, 0.1) is 16.8 Å². The lowest BCUT2D eigenvalue weighted by Crippen LogP contribution is -2.52. The number of nitrogens with one attached hydrogen (secondary N) is 1. The zero-order valence-electron chi connectivity index (χ0n) is 16.9. The number of carbonyl (C=O) groups excluding carboxylic acids is 1. The Labute approximate surface area is 185 Å². The predicted octanol–water partition coefficient (Wildman–Crippen LogP) is 4.42. The number of benzene rings is 2. The summed E-state index contributed by atoms with van der Waals surface area (Å²) in [4.78, 5) is 21.3. The molecular weight excluding hydrogens is 420 g/mol. The number of aryl methyl sites for hydroxylation is 1. The lowest BCUT2D eigenvalue weighted by Gasteiger charge is -2.34. The van der Waals surface area contributed by atoms with Crippen molar-refractivity contribution in [3.05, 3.63) is 53.1 Å². The normalized spacial score (nSPS) is 14.2. The highest BCUT2D eigenvalue weighted by Gasteiger charge is 2.24. The second kappa shape index (κ2) is 9.53. The number of carbonyl (C=O) groups is 1. The lowest BCUT2D eigenvalue weighted by atomic mass is 10.1. The Bertz CT molecular complexity index is 1000. The van der Waals surface area contributed by atoms with E-state index in [2.05, 4.69) is 22.3 Å². The second-order valence-electron chi connectivity index (χ2n) is 7.22. The first-order chi connectivity index (χ1) is 14.7. The summed E-state index contributed by atoms with van der Waals surface area (Å²) in [5, 5.41) is 4.64. The number of hydrogen-bond acceptors (Lipinski definition) is 5. The van der Waals surface area contributed by atoms with Crippen molar-refractivity contribution in [1.82, 2.24) is 15.2 Å². The fourth-order valence-corrected chi connectivity index (χ4v) is 4.89. The standard InChI is InChI=1S/C22H25ClN4O2S/c1-29-18-10-9-17(23)20-19(18)25-22(30-20)27-14-12-26(13-15-27)21(28)24-11-5-8-16-6-3-2-4-7-16/h2-4,6-7,9-10H,5,8,11-15H2,1H3,(H,24,28). The molecule has 0 radical (unpaired) electrons. The fraction of sp³-hybridized carbons (Fsp3) is 0.364. The first-order valence-corrected chi connectivity index (χ1v) is 11.3. The monoisotopic (exact) mass is 444 g/mol. The molecule has 30 heavy (non-hydrogen) atoms. The Balaban J connectivity index is 1.28. The summed E-state index contributed by atoms with van der Waals surface area (Å²) in [5.41, 5.74) is 2.09. The van der Waals surface area contributed by atoms with Gasteiger partial charge in [-0.05, 0) is 30.5 Å². The highest BCUT2D eigenvalue weighted by Crippen LogP contribution is 2.38. The number of piperazine rings is 1. The Morgan fingerprint density at radius 3 is 2.67 bits per heavy atom. The predicted molar refractivity (Wildman–Crippen MR) is 123 cm³/mol. The van der Waals surface area contributed by atoms with Crippen LogP contribution in [0.2, 0.25) is 5.02 Å². The second-order valence-corrected chi connectivity index (χ2v) is 8.60. The topological polar surface area (TPSA) is 57.7 Å². The van der Waals surface area contributed by atoms with E-state index in [-0.39, 0.29) is 6.03 Å². The highest BCUT2D eigenvalue weighted by atomic mass is 35.5. The number of ether oxygens (including phenoxy) is 1. The van der Waals surface area contributed by atoms with Crippen LogP contribution in [0.15, 0.2) is 42.5 Å². The molecule has 1 aromatic heterocycles. The number of halogens is 1. The maximum absolute atomic E-state index is 12.5. The van der Waals surface area contributed by atoms with Crippen LogP contribution in [0.25, 0.3) is 10.2 Å². The minimum atomic E-state index is 0.0109. The molecule has 2 heterocycles. The van der Waals surface area contributed by atoms with Crippen molar-refractivity contribution in [3.8, 4) is 5.75 Å². The summed E-state index contributed by atoms with van der Waals surface area (Å²) in [5.74, 6) is 0.727. The number of rotatable bonds is 6. The average molecular weight is 445 g/mol. The van der Waals surface area contributed by atoms with Gasteiger partial charge in [-0.2, -0.15) is 0 Å². The number of urea groups is 1. The third-order valence-electron chi connectivity index (χ3n) is 5.27. The molecule has 1 saturated heterocycles. The Hall–Kier alpha value is -2.51. The number of thiazole rings is 1. The van der Waals surface area contributed by atoms with Crippen LogP contribution in [0.5, 0.6) is 5.75 Å². The molecule has 1 fully saturated rings. The first-order valence-electron chi connectivity index (χ1n) is 10.1. The van der Waals surface area contributed by atoms with Crippen molar-refractivity contribution < 1.29 is 9.53 Å². The van der Waals surface area contributed by atoms with Crippen molar-refractivity contribution >= 4 is 44.3 Å². The molecule has 4 rings (SSSR count). The van der Waals surface area contributed by atoms with Crippen LogP contribution in [0.3, 0.4) is 0 Å². The summed E-state index contributed by atoms with van der Waals surface area (Å²) in [6, 6.07) is 14.0. The van der Waals surface area contributed by atoms with Crippen molar-refractivity contribution in [1.29, 1.82) is 0 Å². The number of aromatic nitrogens is 1. The zero-order valence-corrected chi connectivity index (χ0v) is 18.5. The summed E-state index contributed by atoms with van der Waals surface area (Å²) in [7, 11) is 1.64. The molecule has 0 unspecified atom stereocenters. The lowest BCUT2D eigenvalue weighted by molar-refractivity contribution is 0.194. The Morgan fingerprint density at radius 2 is 1.93 bits per heavy atom. The molecule has 0 aliphatic carbocycles. The van der Waals surface area contributed by atoms with Crippen LogP contribution in [0.1, 0.15) is 12.0 Å². The van der Waals surface area contributed by atoms with E-state index in [1.165, 1.54) is 5.56 Å². The van der Waals surface area contributed by atoms with E-state index < -0.39 is 0 Å². The molecule has 2 amide bonds. The Kier molecular flexibility index (Phi) is 6.59. The fourth-order valence-electron chi connectivity index (χ4n) is 3.59. The van der Waals surface area contributed by atoms with Gasteiger partial charge in [0.1, 0.15) is 11.3 Å². The van der Waals surface area contributed by atoms with Crippen molar-refractivity contribution in [2.45, 2.75) is 12.8 Å². The van der Waals surface area contributed by atoms with E-state index in [9.17, 15) is 4.79 Å². The number of anilines is 1. The summed E-state index contributed by atoms with van der Waals surface area (Å²) < 4.78 is 6.35. The molecule has 158 valence electrons. The molecule has 0 spiro atoms. The summed E-state index contributed by atoms with van der Waals surface area (Å²) in [6.07, 6.45) is 1.91. The molecule has 6 nitrogen and oxygen atoms in total. The van der Waals surface area contributed by atoms with E-state index in [0.29, 0.717) is 24.7 Å². The molecule has 1 aliphatic heterocycles. The van der Waals surface area contributed by atoms with Crippen molar-refractivity contribution in [2.75, 3.05) is 44.7 Å². The van der Waals surface area contributed by atoms with Crippen LogP contribution in [-0.4, -0.2) is 55.7 Å². The Morgan fingerprint density at radius 1 is 1.17 bits per heavy atom. The third kappa shape index (κ3) is 4.63. The maximum atomic E-state index is 12.5. The van der Waals surface area contributed by atoms with Gasteiger partial charge < -0.3 is 19.9 Å². The van der Waals surface area contributed by atoms with Crippen molar-refractivity contribution in [2.24, 2.45) is 0 Å². The molecular formula is C22H25ClN4O2S. The van der Waals surface area contributed by atoms with E-state index in [4.69, 9.17) is 21.3 Å². The average Bonchev–Trinajstić information content (AvgIpc) is 3.24. The van der Waals surface area contributed by atoms with Crippen LogP contribution in [0, 0.1) is 0 Å². The smallest absolute Gasteiger partial charge is 0.317 e. The van der Waals surface area contributed by atoms with Gasteiger partial charge in [-0.15, -0.1) is 0 Å². The number of nitrogens with zero attached hydrogens (tertiary/aromatic N) is 3. The molecule has 0 atom stereocenters. The molecule has 1 aliphatic rings. The van der Waals surface area contributed by atoms with Crippen LogP contribution in [-0.2, 0) is 6.42 Å². The van der Waals surface area contributed by atoms with Gasteiger partial charge in [-0.25, -0.2) is 9.78 Å². The number of hydrogen-bond donors (Lipinski definition) is 1. The number of methoxy groups -OCH3 is 1. The molecule has 0 bridgehead atoms. The zero-order chi connectivity index (χ0) is 20.9. The van der Waals surface area contributed by atoms with E-state index in [1.807, 2.05) is 35.2 Å². The third-order valence-corrected chi connectivity index (χ3v) is 6.84. The summed E-state index contributed by atoms with van der Waals surface area (Å²) in [6.45, 7) is 3.52. The molecule has 0 saturated carbocycles. The maximum Gasteiger partial charge on any atom is 0.317 e. The van der Waals surface area contributed by atoms with Gasteiger partial charge >= 0.3 is 6.03 Å². The molecule has 8 heteroatoms. The SMILES string of the molecule is COc1ccc(Cl)c2sc(N3CCN(C(=O)NCCCc4ccccc4)CC3)nc12. The van der Waals surface area contributed by atoms with Gasteiger partial charge in [0.15, 0.2) is 5.13 Å². The van der Waals surface area contributed by atoms with E-state index in [0.717, 1.165) is 47.0 Å². The first kappa shape index (κ1) is 20.8. The minimum absolute atomic E-state index is 0.0109. The number of amides is 2. The van der Waals surface area contributed by atoms with Crippen molar-refractivity contribution in [3.63, 3.8) is 0 Å². The van der Waals surface area contributed by atoms with E-state index >= 15 is 0 Å². The summed E-state index contributed by atoms with van der Waals surface area (Å²) >= 11 is 7.91. The van der Waals surface area contributed by atoms with Gasteiger partial charge in [0.25, 0.3) is 0 Å². The van der Waals surface area contributed by atoms with Crippen LogP contribution in [0.4, 0.5) is 9.93 Å². The van der Waals surface area contributed by atoms with Crippen LogP contribution < -0.4 is 15.0 Å². The van der Waals surface area contributed by atoms with Gasteiger partial charge in [0, 0.05) is 32.7 Å². The van der Waals surface area contributed by atoms with Gasteiger partial charge in [-0.3, -0.25) is 0 Å². The molecule has 3 aromatic rings.